The quantitative estimate of drug-likeness (QED) is 0.808. The molecule has 1 aliphatic rings. The normalized spacial score (nSPS) is 27.6. The van der Waals surface area contributed by atoms with E-state index in [9.17, 15) is 0 Å². The average molecular weight is 303 g/mol. The van der Waals surface area contributed by atoms with Gasteiger partial charge in [0.1, 0.15) is 0 Å². The van der Waals surface area contributed by atoms with Gasteiger partial charge in [0.25, 0.3) is 0 Å². The number of hydrogen-bond acceptors (Lipinski definition) is 7. The Labute approximate surface area is 122 Å². The molecule has 5 nitrogen and oxygen atoms in total. The lowest BCUT2D eigenvalue weighted by Gasteiger charge is -2.29. The largest absolute Gasteiger partial charge is 0.383 e. The van der Waals surface area contributed by atoms with E-state index in [1.807, 2.05) is 23.5 Å². The molecule has 1 aromatic heterocycles. The minimum Gasteiger partial charge on any atom is -0.383 e. The van der Waals surface area contributed by atoms with E-state index in [0.717, 1.165) is 18.1 Å². The van der Waals surface area contributed by atoms with Crippen LogP contribution in [0.2, 0.25) is 0 Å². The zero-order chi connectivity index (χ0) is 13.7. The molecule has 108 valence electrons. The molecular formula is C12H21N3O2S2. The summed E-state index contributed by atoms with van der Waals surface area (Å²) in [6, 6.07) is 0. The van der Waals surface area contributed by atoms with E-state index < -0.39 is 0 Å². The maximum Gasteiger partial charge on any atom is 0.240 e. The first-order valence-corrected chi connectivity index (χ1v) is 8.49. The molecule has 0 saturated carbocycles. The Bertz CT molecular complexity index is 389. The molecule has 7 heteroatoms. The molecule has 0 aromatic carbocycles. The van der Waals surface area contributed by atoms with Crippen molar-refractivity contribution >= 4 is 23.5 Å². The summed E-state index contributed by atoms with van der Waals surface area (Å²) in [6.07, 6.45) is 0. The standard InChI is InChI=1S/C12H21N3O2S2/c1-8-9(2)19-10(7-18-8)12-14-11(17-15-12)6-13-4-5-16-3/h8-10,13H,4-7H2,1-3H3. The predicted octanol–water partition coefficient (Wildman–Crippen LogP) is 2.10. The molecule has 1 aliphatic heterocycles. The number of ether oxygens (including phenoxy) is 1. The van der Waals surface area contributed by atoms with Crippen molar-refractivity contribution in [2.24, 2.45) is 0 Å². The van der Waals surface area contributed by atoms with Gasteiger partial charge in [-0.05, 0) is 0 Å². The summed E-state index contributed by atoms with van der Waals surface area (Å²) in [5.41, 5.74) is 0. The van der Waals surface area contributed by atoms with Gasteiger partial charge in [-0.25, -0.2) is 0 Å². The van der Waals surface area contributed by atoms with Crippen LogP contribution in [0, 0.1) is 0 Å². The van der Waals surface area contributed by atoms with Crippen LogP contribution in [0.3, 0.4) is 0 Å². The van der Waals surface area contributed by atoms with Crippen molar-refractivity contribution in [2.75, 3.05) is 26.0 Å². The van der Waals surface area contributed by atoms with Crippen molar-refractivity contribution in [1.82, 2.24) is 15.5 Å². The molecule has 3 unspecified atom stereocenters. The maximum absolute atomic E-state index is 5.27. The van der Waals surface area contributed by atoms with Gasteiger partial charge in [-0.15, -0.1) is 11.8 Å². The molecule has 0 radical (unpaired) electrons. The molecule has 1 aromatic rings. The predicted molar refractivity (Wildman–Crippen MR) is 79.6 cm³/mol. The monoisotopic (exact) mass is 303 g/mol. The maximum atomic E-state index is 5.27. The first-order valence-electron chi connectivity index (χ1n) is 6.50. The van der Waals surface area contributed by atoms with E-state index in [-0.39, 0.29) is 0 Å². The Hall–Kier alpha value is -0.240. The van der Waals surface area contributed by atoms with Crippen LogP contribution in [-0.2, 0) is 11.3 Å². The number of nitrogens with one attached hydrogen (secondary N) is 1. The lowest BCUT2D eigenvalue weighted by atomic mass is 10.3. The van der Waals surface area contributed by atoms with E-state index in [0.29, 0.717) is 34.8 Å². The van der Waals surface area contributed by atoms with Crippen molar-refractivity contribution in [3.8, 4) is 0 Å². The molecule has 0 amide bonds. The zero-order valence-electron chi connectivity index (χ0n) is 11.6. The molecule has 2 rings (SSSR count). The molecule has 0 bridgehead atoms. The molecule has 1 saturated heterocycles. The van der Waals surface area contributed by atoms with Crippen LogP contribution in [0.15, 0.2) is 4.52 Å². The lowest BCUT2D eigenvalue weighted by molar-refractivity contribution is 0.197. The van der Waals surface area contributed by atoms with Crippen LogP contribution >= 0.6 is 23.5 Å². The highest BCUT2D eigenvalue weighted by Gasteiger charge is 2.29. The summed E-state index contributed by atoms with van der Waals surface area (Å²) < 4.78 is 10.2. The highest BCUT2D eigenvalue weighted by Crippen LogP contribution is 2.43. The summed E-state index contributed by atoms with van der Waals surface area (Å²) in [4.78, 5) is 4.48. The second kappa shape index (κ2) is 7.52. The van der Waals surface area contributed by atoms with Crippen LogP contribution in [0.1, 0.15) is 30.8 Å². The Morgan fingerprint density at radius 2 is 2.26 bits per heavy atom. The van der Waals surface area contributed by atoms with E-state index in [1.54, 1.807) is 7.11 Å². The molecule has 1 N–H and O–H groups in total. The zero-order valence-corrected chi connectivity index (χ0v) is 13.2. The Morgan fingerprint density at radius 1 is 1.42 bits per heavy atom. The molecular weight excluding hydrogens is 282 g/mol. The molecule has 3 atom stereocenters. The van der Waals surface area contributed by atoms with Crippen LogP contribution in [-0.4, -0.2) is 46.7 Å². The molecule has 2 heterocycles. The second-order valence-electron chi connectivity index (χ2n) is 4.58. The van der Waals surface area contributed by atoms with Crippen molar-refractivity contribution in [3.05, 3.63) is 11.7 Å². The van der Waals surface area contributed by atoms with Gasteiger partial charge in [-0.1, -0.05) is 19.0 Å². The number of rotatable bonds is 6. The summed E-state index contributed by atoms with van der Waals surface area (Å²) >= 11 is 3.93. The van der Waals surface area contributed by atoms with Gasteiger partial charge in [0.15, 0.2) is 5.82 Å². The summed E-state index contributed by atoms with van der Waals surface area (Å²) in [5, 5.41) is 8.99. The van der Waals surface area contributed by atoms with Gasteiger partial charge in [0.05, 0.1) is 18.4 Å². The van der Waals surface area contributed by atoms with Crippen LogP contribution in [0.25, 0.3) is 0 Å². The van der Waals surface area contributed by atoms with Gasteiger partial charge in [0.2, 0.25) is 5.89 Å². The number of aromatic nitrogens is 2. The van der Waals surface area contributed by atoms with Crippen LogP contribution in [0.4, 0.5) is 0 Å². The van der Waals surface area contributed by atoms with E-state index >= 15 is 0 Å². The lowest BCUT2D eigenvalue weighted by Crippen LogP contribution is -2.22. The van der Waals surface area contributed by atoms with Gasteiger partial charge in [-0.2, -0.15) is 16.7 Å². The van der Waals surface area contributed by atoms with E-state index in [4.69, 9.17) is 9.26 Å². The van der Waals surface area contributed by atoms with Gasteiger partial charge >= 0.3 is 0 Å². The minimum atomic E-state index is 0.354. The SMILES string of the molecule is COCCNCc1nc(C2CSC(C)C(C)S2)no1. The first kappa shape index (κ1) is 15.2. The third-order valence-corrected chi connectivity index (χ3v) is 6.47. The van der Waals surface area contributed by atoms with Gasteiger partial charge < -0.3 is 14.6 Å². The Morgan fingerprint density at radius 3 is 3.00 bits per heavy atom. The van der Waals surface area contributed by atoms with Gasteiger partial charge in [-0.3, -0.25) is 0 Å². The number of thioether (sulfide) groups is 2. The van der Waals surface area contributed by atoms with Gasteiger partial charge in [0, 0.05) is 29.9 Å². The first-order chi connectivity index (χ1) is 9.20. The molecule has 19 heavy (non-hydrogen) atoms. The van der Waals surface area contributed by atoms with Crippen molar-refractivity contribution in [2.45, 2.75) is 36.1 Å². The number of hydrogen-bond donors (Lipinski definition) is 1. The van der Waals surface area contributed by atoms with Crippen LogP contribution < -0.4 is 5.32 Å². The number of methoxy groups -OCH3 is 1. The smallest absolute Gasteiger partial charge is 0.240 e. The number of nitrogens with zero attached hydrogens (tertiary/aromatic N) is 2. The summed E-state index contributed by atoms with van der Waals surface area (Å²) in [6.45, 7) is 6.62. The van der Waals surface area contributed by atoms with Crippen molar-refractivity contribution in [1.29, 1.82) is 0 Å². The Balaban J connectivity index is 1.83. The fraction of sp³-hybridized carbons (Fsp3) is 0.833. The highest BCUT2D eigenvalue weighted by molar-refractivity contribution is 8.07. The topological polar surface area (TPSA) is 60.2 Å². The summed E-state index contributed by atoms with van der Waals surface area (Å²) in [7, 11) is 1.69. The minimum absolute atomic E-state index is 0.354. The van der Waals surface area contributed by atoms with E-state index in [1.165, 1.54) is 0 Å². The van der Waals surface area contributed by atoms with Crippen molar-refractivity contribution in [3.63, 3.8) is 0 Å². The Kier molecular flexibility index (Phi) is 6.00. The molecule has 0 aliphatic carbocycles. The highest BCUT2D eigenvalue weighted by atomic mass is 32.2. The average Bonchev–Trinajstić information content (AvgIpc) is 2.87. The fourth-order valence-corrected chi connectivity index (χ4v) is 4.59. The summed E-state index contributed by atoms with van der Waals surface area (Å²) in [5.74, 6) is 2.55. The third-order valence-electron chi connectivity index (χ3n) is 3.08. The fourth-order valence-electron chi connectivity index (χ4n) is 1.76. The second-order valence-corrected chi connectivity index (χ2v) is 7.58. The van der Waals surface area contributed by atoms with Crippen LogP contribution in [0.5, 0.6) is 0 Å². The molecule has 0 spiro atoms. The van der Waals surface area contributed by atoms with Crippen molar-refractivity contribution < 1.29 is 9.26 Å². The van der Waals surface area contributed by atoms with E-state index in [2.05, 4.69) is 29.3 Å². The third kappa shape index (κ3) is 4.37. The molecule has 1 fully saturated rings.